The van der Waals surface area contributed by atoms with Crippen LogP contribution in [0.1, 0.15) is 34.7 Å². The maximum atomic E-state index is 13.3. The summed E-state index contributed by atoms with van der Waals surface area (Å²) in [6, 6.07) is 11.0. The fourth-order valence-electron chi connectivity index (χ4n) is 4.75. The molecule has 3 aliphatic rings. The van der Waals surface area contributed by atoms with Crippen LogP contribution in [0, 0.1) is 26.6 Å². The van der Waals surface area contributed by atoms with Crippen molar-refractivity contribution in [2.45, 2.75) is 45.4 Å². The van der Waals surface area contributed by atoms with Gasteiger partial charge in [0.15, 0.2) is 5.17 Å². The van der Waals surface area contributed by atoms with E-state index < -0.39 is 0 Å². The molecule has 3 N–H and O–H groups in total. The molecule has 1 fully saturated rings. The van der Waals surface area contributed by atoms with Gasteiger partial charge in [-0.2, -0.15) is 5.10 Å². The normalized spacial score (nSPS) is 23.2. The van der Waals surface area contributed by atoms with E-state index in [0.717, 1.165) is 34.0 Å². The highest BCUT2D eigenvalue weighted by atomic mass is 32.2. The lowest BCUT2D eigenvalue weighted by atomic mass is 10.00. The fraction of sp³-hybridized carbons (Fsp3) is 0.333. The van der Waals surface area contributed by atoms with E-state index >= 15 is 0 Å². The van der Waals surface area contributed by atoms with E-state index in [1.54, 1.807) is 0 Å². The molecule has 5 rings (SSSR count). The van der Waals surface area contributed by atoms with Crippen LogP contribution in [0.5, 0.6) is 0 Å². The fourth-order valence-corrected chi connectivity index (χ4v) is 5.52. The molecule has 9 heteroatoms. The molecule has 3 unspecified atom stereocenters. The number of hydrazine groups is 1. The standard InChI is InChI=1S/C24H27FN6OS/c1-14-10-15(2)22(16(3)11-14)26-21(32)13-33-24-28-27-23-20-12-19(17-4-6-18(25)7-5-17)29-31(20)9-8-30(23)24/h4-11,19-20,23,27,29H,12-13H2,1-3H3,(H,26,32). The number of nitrogens with zero attached hydrogens (tertiary/aromatic N) is 3. The van der Waals surface area contributed by atoms with Crippen molar-refractivity contribution in [3.63, 3.8) is 0 Å². The van der Waals surface area contributed by atoms with Gasteiger partial charge in [-0.1, -0.05) is 41.6 Å². The van der Waals surface area contributed by atoms with Crippen LogP contribution in [0.2, 0.25) is 0 Å². The zero-order valence-electron chi connectivity index (χ0n) is 18.8. The van der Waals surface area contributed by atoms with Gasteiger partial charge in [-0.25, -0.2) is 9.82 Å². The van der Waals surface area contributed by atoms with Crippen molar-refractivity contribution >= 4 is 28.5 Å². The summed E-state index contributed by atoms with van der Waals surface area (Å²) in [5, 5.41) is 10.4. The van der Waals surface area contributed by atoms with Crippen molar-refractivity contribution in [3.05, 3.63) is 76.9 Å². The number of anilines is 1. The molecule has 0 saturated carbocycles. The van der Waals surface area contributed by atoms with Gasteiger partial charge in [0.1, 0.15) is 12.0 Å². The molecular formula is C24H27FN6OS. The Balaban J connectivity index is 1.19. The van der Waals surface area contributed by atoms with E-state index in [-0.39, 0.29) is 35.7 Å². The van der Waals surface area contributed by atoms with Gasteiger partial charge in [-0.15, -0.1) is 0 Å². The summed E-state index contributed by atoms with van der Waals surface area (Å²) in [5.41, 5.74) is 12.0. The van der Waals surface area contributed by atoms with Gasteiger partial charge in [0, 0.05) is 18.1 Å². The summed E-state index contributed by atoms with van der Waals surface area (Å²) < 4.78 is 13.3. The second-order valence-corrected chi connectivity index (χ2v) is 9.67. The highest BCUT2D eigenvalue weighted by molar-refractivity contribution is 8.14. The molecule has 0 aliphatic carbocycles. The summed E-state index contributed by atoms with van der Waals surface area (Å²) in [6.45, 7) is 6.08. The van der Waals surface area contributed by atoms with Gasteiger partial charge in [0.05, 0.1) is 17.8 Å². The number of aryl methyl sites for hydroxylation is 3. The maximum Gasteiger partial charge on any atom is 0.234 e. The smallest absolute Gasteiger partial charge is 0.234 e. The lowest BCUT2D eigenvalue weighted by Crippen LogP contribution is -2.54. The van der Waals surface area contributed by atoms with Crippen molar-refractivity contribution in [1.82, 2.24) is 20.8 Å². The number of amidine groups is 1. The lowest BCUT2D eigenvalue weighted by Gasteiger charge is -2.36. The molecule has 33 heavy (non-hydrogen) atoms. The van der Waals surface area contributed by atoms with Crippen LogP contribution in [-0.4, -0.2) is 38.9 Å². The Kier molecular flexibility index (Phi) is 5.76. The quantitative estimate of drug-likeness (QED) is 0.638. The molecule has 7 nitrogen and oxygen atoms in total. The number of nitrogens with one attached hydrogen (secondary N) is 3. The molecule has 0 bridgehead atoms. The summed E-state index contributed by atoms with van der Waals surface area (Å²) >= 11 is 1.41. The maximum absolute atomic E-state index is 13.3. The number of amides is 1. The van der Waals surface area contributed by atoms with E-state index in [1.165, 1.54) is 29.5 Å². The van der Waals surface area contributed by atoms with Crippen molar-refractivity contribution in [2.24, 2.45) is 5.10 Å². The van der Waals surface area contributed by atoms with Crippen LogP contribution in [0.25, 0.3) is 0 Å². The third-order valence-electron chi connectivity index (χ3n) is 6.25. The summed E-state index contributed by atoms with van der Waals surface area (Å²) in [7, 11) is 0. The van der Waals surface area contributed by atoms with Crippen molar-refractivity contribution < 1.29 is 9.18 Å². The molecule has 172 valence electrons. The predicted molar refractivity (Wildman–Crippen MR) is 130 cm³/mol. The summed E-state index contributed by atoms with van der Waals surface area (Å²) in [4.78, 5) is 14.7. The van der Waals surface area contributed by atoms with E-state index in [0.29, 0.717) is 0 Å². The first-order valence-electron chi connectivity index (χ1n) is 11.0. The zero-order valence-corrected chi connectivity index (χ0v) is 19.6. The second kappa shape index (κ2) is 8.72. The molecule has 2 aromatic rings. The van der Waals surface area contributed by atoms with E-state index in [1.807, 2.05) is 38.4 Å². The molecule has 1 amide bonds. The van der Waals surface area contributed by atoms with Gasteiger partial charge in [-0.05, 0) is 56.0 Å². The van der Waals surface area contributed by atoms with Gasteiger partial charge in [-0.3, -0.25) is 10.2 Å². The van der Waals surface area contributed by atoms with E-state index in [2.05, 4.69) is 50.2 Å². The number of fused-ring (bicyclic) bond motifs is 3. The minimum absolute atomic E-state index is 0.0277. The number of hydrogen-bond donors (Lipinski definition) is 3. The van der Waals surface area contributed by atoms with E-state index in [4.69, 9.17) is 0 Å². The molecule has 3 aliphatic heterocycles. The number of carbonyl (C=O) groups is 1. The van der Waals surface area contributed by atoms with Gasteiger partial charge in [0.25, 0.3) is 0 Å². The molecular weight excluding hydrogens is 439 g/mol. The number of hydrazone groups is 1. The lowest BCUT2D eigenvalue weighted by molar-refractivity contribution is -0.113. The average molecular weight is 467 g/mol. The zero-order chi connectivity index (χ0) is 23.1. The Bertz CT molecular complexity index is 1110. The van der Waals surface area contributed by atoms with Gasteiger partial charge >= 0.3 is 0 Å². The molecule has 0 aromatic heterocycles. The third kappa shape index (κ3) is 4.30. The van der Waals surface area contributed by atoms with Crippen molar-refractivity contribution in [2.75, 3.05) is 11.1 Å². The van der Waals surface area contributed by atoms with E-state index in [9.17, 15) is 9.18 Å². The van der Waals surface area contributed by atoms with Crippen molar-refractivity contribution in [1.29, 1.82) is 0 Å². The van der Waals surface area contributed by atoms with Gasteiger partial charge < -0.3 is 15.2 Å². The van der Waals surface area contributed by atoms with Crippen LogP contribution < -0.4 is 16.2 Å². The largest absolute Gasteiger partial charge is 0.325 e. The first kappa shape index (κ1) is 21.8. The predicted octanol–water partition coefficient (Wildman–Crippen LogP) is 3.73. The van der Waals surface area contributed by atoms with Crippen LogP contribution in [0.4, 0.5) is 10.1 Å². The Morgan fingerprint density at radius 2 is 1.91 bits per heavy atom. The van der Waals surface area contributed by atoms with Crippen LogP contribution in [0.3, 0.4) is 0 Å². The number of hydrogen-bond acceptors (Lipinski definition) is 7. The number of benzene rings is 2. The summed E-state index contributed by atoms with van der Waals surface area (Å²) in [5.74, 6) is -0.0117. The monoisotopic (exact) mass is 466 g/mol. The number of rotatable bonds is 4. The summed E-state index contributed by atoms with van der Waals surface area (Å²) in [6.07, 6.45) is 4.79. The van der Waals surface area contributed by atoms with Crippen LogP contribution >= 0.6 is 11.8 Å². The molecule has 3 heterocycles. The minimum atomic E-state index is -0.232. The Hall–Kier alpha value is -3.04. The Morgan fingerprint density at radius 3 is 2.64 bits per heavy atom. The first-order valence-corrected chi connectivity index (χ1v) is 12.0. The Morgan fingerprint density at radius 1 is 1.18 bits per heavy atom. The topological polar surface area (TPSA) is 72.0 Å². The minimum Gasteiger partial charge on any atom is -0.325 e. The number of thioether (sulfide) groups is 1. The average Bonchev–Trinajstić information content (AvgIpc) is 3.39. The third-order valence-corrected chi connectivity index (χ3v) is 7.22. The highest BCUT2D eigenvalue weighted by Gasteiger charge is 2.44. The highest BCUT2D eigenvalue weighted by Crippen LogP contribution is 2.35. The van der Waals surface area contributed by atoms with Crippen LogP contribution in [0.15, 0.2) is 53.9 Å². The molecule has 3 atom stereocenters. The Labute approximate surface area is 197 Å². The first-order chi connectivity index (χ1) is 15.9. The molecule has 0 spiro atoms. The SMILES string of the molecule is Cc1cc(C)c(NC(=O)CSC2=NNC3C4CC(c5ccc(F)cc5)NN4C=CN23)c(C)c1. The second-order valence-electron chi connectivity index (χ2n) is 8.73. The molecule has 0 radical (unpaired) electrons. The molecule has 1 saturated heterocycles. The van der Waals surface area contributed by atoms with Crippen molar-refractivity contribution in [3.8, 4) is 0 Å². The van der Waals surface area contributed by atoms with Crippen LogP contribution in [-0.2, 0) is 4.79 Å². The van der Waals surface area contributed by atoms with Gasteiger partial charge in [0.2, 0.25) is 5.91 Å². The number of carbonyl (C=O) groups excluding carboxylic acids is 1. The molecule has 2 aromatic carbocycles. The number of halogens is 1.